The molecule has 0 aromatic carbocycles. The second-order valence-corrected chi connectivity index (χ2v) is 6.18. The van der Waals surface area contributed by atoms with Gasteiger partial charge in [-0.3, -0.25) is 9.59 Å². The van der Waals surface area contributed by atoms with Crippen molar-refractivity contribution in [2.45, 2.75) is 0 Å². The number of rotatable bonds is 3. The van der Waals surface area contributed by atoms with Gasteiger partial charge in [-0.1, -0.05) is 11.6 Å². The Morgan fingerprint density at radius 2 is 2.17 bits per heavy atom. The molecule has 0 radical (unpaired) electrons. The summed E-state index contributed by atoms with van der Waals surface area (Å²) in [6, 6.07) is 3.44. The molecule has 3 aromatic rings. The van der Waals surface area contributed by atoms with Gasteiger partial charge in [0.15, 0.2) is 0 Å². The summed E-state index contributed by atoms with van der Waals surface area (Å²) in [6.07, 6.45) is 3.13. The number of aryl methyl sites for hydroxylation is 1. The van der Waals surface area contributed by atoms with Crippen molar-refractivity contribution in [3.8, 4) is 0 Å². The molecule has 3 aromatic heterocycles. The molecule has 118 valence electrons. The van der Waals surface area contributed by atoms with Gasteiger partial charge in [0.1, 0.15) is 5.15 Å². The van der Waals surface area contributed by atoms with E-state index in [4.69, 9.17) is 11.6 Å². The van der Waals surface area contributed by atoms with Crippen molar-refractivity contribution in [3.63, 3.8) is 0 Å². The molecule has 2 N–H and O–H groups in total. The first kappa shape index (κ1) is 15.5. The van der Waals surface area contributed by atoms with Gasteiger partial charge in [0.2, 0.25) is 0 Å². The Morgan fingerprint density at radius 3 is 2.91 bits per heavy atom. The number of thiophene rings is 1. The minimum absolute atomic E-state index is 0.104. The van der Waals surface area contributed by atoms with Crippen LogP contribution in [0.25, 0.3) is 10.1 Å². The largest absolute Gasteiger partial charge is 0.355 e. The first-order valence-electron chi connectivity index (χ1n) is 6.72. The van der Waals surface area contributed by atoms with E-state index in [0.29, 0.717) is 22.3 Å². The molecule has 6 nitrogen and oxygen atoms in total. The minimum Gasteiger partial charge on any atom is -0.355 e. The average Bonchev–Trinajstić information content (AvgIpc) is 2.94. The Hall–Kier alpha value is -2.38. The summed E-state index contributed by atoms with van der Waals surface area (Å²) in [4.78, 5) is 28.2. The van der Waals surface area contributed by atoms with Gasteiger partial charge in [-0.15, -0.1) is 11.3 Å². The summed E-state index contributed by atoms with van der Waals surface area (Å²) < 4.78 is 2.39. The van der Waals surface area contributed by atoms with Crippen LogP contribution in [0, 0.1) is 0 Å². The SMILES string of the molecule is CNC(=O)c1cnc(Cl)cc1Nc1csc2ccn(C)c(=O)c12. The van der Waals surface area contributed by atoms with Crippen LogP contribution < -0.4 is 16.2 Å². The first-order chi connectivity index (χ1) is 11.0. The average molecular weight is 349 g/mol. The van der Waals surface area contributed by atoms with Crippen molar-refractivity contribution in [2.24, 2.45) is 7.05 Å². The third kappa shape index (κ3) is 2.80. The summed E-state index contributed by atoms with van der Waals surface area (Å²) in [7, 11) is 3.24. The lowest BCUT2D eigenvalue weighted by atomic mass is 10.2. The zero-order valence-corrected chi connectivity index (χ0v) is 14.0. The maximum absolute atomic E-state index is 12.4. The minimum atomic E-state index is -0.288. The number of amides is 1. The van der Waals surface area contributed by atoms with Gasteiger partial charge in [0, 0.05) is 36.6 Å². The predicted molar refractivity (Wildman–Crippen MR) is 93.0 cm³/mol. The molecule has 8 heteroatoms. The fourth-order valence-corrected chi connectivity index (χ4v) is 3.26. The van der Waals surface area contributed by atoms with Gasteiger partial charge >= 0.3 is 0 Å². The fraction of sp³-hybridized carbons (Fsp3) is 0.133. The first-order valence-corrected chi connectivity index (χ1v) is 7.98. The number of fused-ring (bicyclic) bond motifs is 1. The number of nitrogens with one attached hydrogen (secondary N) is 2. The zero-order valence-electron chi connectivity index (χ0n) is 12.4. The van der Waals surface area contributed by atoms with Crippen LogP contribution in [0.2, 0.25) is 5.15 Å². The normalized spacial score (nSPS) is 10.7. The highest BCUT2D eigenvalue weighted by atomic mass is 35.5. The van der Waals surface area contributed by atoms with Crippen molar-refractivity contribution >= 4 is 50.3 Å². The van der Waals surface area contributed by atoms with E-state index in [9.17, 15) is 9.59 Å². The molecule has 0 fully saturated rings. The fourth-order valence-electron chi connectivity index (χ4n) is 2.23. The molecule has 0 saturated heterocycles. The van der Waals surface area contributed by atoms with E-state index >= 15 is 0 Å². The third-order valence-corrected chi connectivity index (χ3v) is 4.57. The predicted octanol–water partition coefficient (Wildman–Crippen LogP) is 2.75. The van der Waals surface area contributed by atoms with Crippen LogP contribution in [0.3, 0.4) is 0 Å². The van der Waals surface area contributed by atoms with Crippen LogP contribution in [0.5, 0.6) is 0 Å². The molecule has 0 unspecified atom stereocenters. The number of halogens is 1. The molecular formula is C15H13ClN4O2S. The van der Waals surface area contributed by atoms with E-state index in [0.717, 1.165) is 4.70 Å². The summed E-state index contributed by atoms with van der Waals surface area (Å²) in [6.45, 7) is 0. The molecule has 3 rings (SSSR count). The monoisotopic (exact) mass is 348 g/mol. The Kier molecular flexibility index (Phi) is 4.06. The van der Waals surface area contributed by atoms with E-state index in [1.807, 2.05) is 11.4 Å². The number of anilines is 2. The van der Waals surface area contributed by atoms with Crippen LogP contribution in [-0.4, -0.2) is 22.5 Å². The molecule has 3 heterocycles. The van der Waals surface area contributed by atoms with E-state index in [1.165, 1.54) is 29.1 Å². The lowest BCUT2D eigenvalue weighted by molar-refractivity contribution is 0.0963. The lowest BCUT2D eigenvalue weighted by Crippen LogP contribution is -2.20. The highest BCUT2D eigenvalue weighted by molar-refractivity contribution is 7.17. The lowest BCUT2D eigenvalue weighted by Gasteiger charge is -2.10. The van der Waals surface area contributed by atoms with Gasteiger partial charge < -0.3 is 15.2 Å². The number of carbonyl (C=O) groups is 1. The molecule has 23 heavy (non-hydrogen) atoms. The molecule has 0 atom stereocenters. The van der Waals surface area contributed by atoms with Crippen molar-refractivity contribution in [2.75, 3.05) is 12.4 Å². The van der Waals surface area contributed by atoms with Gasteiger partial charge in [-0.2, -0.15) is 0 Å². The topological polar surface area (TPSA) is 76.0 Å². The molecule has 0 aliphatic heterocycles. The highest BCUT2D eigenvalue weighted by Gasteiger charge is 2.15. The summed E-state index contributed by atoms with van der Waals surface area (Å²) >= 11 is 7.39. The third-order valence-electron chi connectivity index (χ3n) is 3.41. The van der Waals surface area contributed by atoms with Crippen LogP contribution in [0.4, 0.5) is 11.4 Å². The summed E-state index contributed by atoms with van der Waals surface area (Å²) in [5.74, 6) is -0.288. The second-order valence-electron chi connectivity index (χ2n) is 4.88. The number of aromatic nitrogens is 2. The molecule has 0 aliphatic carbocycles. The molecular weight excluding hydrogens is 336 g/mol. The van der Waals surface area contributed by atoms with Crippen molar-refractivity contribution in [1.82, 2.24) is 14.9 Å². The smallest absolute Gasteiger partial charge is 0.261 e. The van der Waals surface area contributed by atoms with Gasteiger partial charge in [-0.05, 0) is 12.1 Å². The van der Waals surface area contributed by atoms with Crippen LogP contribution in [-0.2, 0) is 7.05 Å². The number of hydrogen-bond acceptors (Lipinski definition) is 5. The Balaban J connectivity index is 2.13. The van der Waals surface area contributed by atoms with E-state index in [-0.39, 0.29) is 16.6 Å². The Morgan fingerprint density at radius 1 is 1.39 bits per heavy atom. The zero-order chi connectivity index (χ0) is 16.6. The molecule has 0 aliphatic rings. The number of nitrogens with zero attached hydrogens (tertiary/aromatic N) is 2. The molecule has 0 saturated carbocycles. The van der Waals surface area contributed by atoms with Gasteiger partial charge in [0.25, 0.3) is 11.5 Å². The Bertz CT molecular complexity index is 964. The maximum atomic E-state index is 12.4. The highest BCUT2D eigenvalue weighted by Crippen LogP contribution is 2.31. The van der Waals surface area contributed by atoms with Crippen LogP contribution in [0.1, 0.15) is 10.4 Å². The van der Waals surface area contributed by atoms with Gasteiger partial charge in [0.05, 0.1) is 22.3 Å². The van der Waals surface area contributed by atoms with Crippen molar-refractivity contribution in [3.05, 3.63) is 51.0 Å². The van der Waals surface area contributed by atoms with E-state index < -0.39 is 0 Å². The van der Waals surface area contributed by atoms with Crippen molar-refractivity contribution in [1.29, 1.82) is 0 Å². The Labute approximate surface area is 140 Å². The number of hydrogen-bond donors (Lipinski definition) is 2. The quantitative estimate of drug-likeness (QED) is 0.714. The van der Waals surface area contributed by atoms with Crippen LogP contribution >= 0.6 is 22.9 Å². The van der Waals surface area contributed by atoms with E-state index in [2.05, 4.69) is 15.6 Å². The second kappa shape index (κ2) is 6.02. The summed E-state index contributed by atoms with van der Waals surface area (Å²) in [5.41, 5.74) is 1.38. The summed E-state index contributed by atoms with van der Waals surface area (Å²) in [5, 5.41) is 8.36. The van der Waals surface area contributed by atoms with Crippen molar-refractivity contribution < 1.29 is 4.79 Å². The number of carbonyl (C=O) groups excluding carboxylic acids is 1. The van der Waals surface area contributed by atoms with E-state index in [1.54, 1.807) is 19.3 Å². The van der Waals surface area contributed by atoms with Gasteiger partial charge in [-0.25, -0.2) is 4.98 Å². The maximum Gasteiger partial charge on any atom is 0.261 e. The number of pyridine rings is 2. The molecule has 0 spiro atoms. The standard InChI is InChI=1S/C15H13ClN4O2S/c1-17-14(21)8-6-18-12(16)5-9(8)19-10-7-23-11-3-4-20(2)15(22)13(10)11/h3-7H,1-2H3,(H,17,21)(H,18,19). The molecule has 1 amide bonds. The molecule has 0 bridgehead atoms. The van der Waals surface area contributed by atoms with Crippen LogP contribution in [0.15, 0.2) is 34.7 Å².